The minimum Gasteiger partial charge on any atom is -0.442 e. The van der Waals surface area contributed by atoms with Crippen LogP contribution in [0.1, 0.15) is 25.8 Å². The molecule has 0 atom stereocenters. The van der Waals surface area contributed by atoms with Crippen LogP contribution in [-0.4, -0.2) is 21.1 Å². The first-order valence-electron chi connectivity index (χ1n) is 9.71. The van der Waals surface area contributed by atoms with Gasteiger partial charge in [0, 0.05) is 29.0 Å². The van der Waals surface area contributed by atoms with Crippen LogP contribution in [0.25, 0.3) is 27.7 Å². The highest BCUT2D eigenvalue weighted by Crippen LogP contribution is 2.28. The summed E-state index contributed by atoms with van der Waals surface area (Å²) in [6.45, 7) is 5.48. The fourth-order valence-electron chi connectivity index (χ4n) is 3.45. The van der Waals surface area contributed by atoms with Crippen molar-refractivity contribution in [1.29, 1.82) is 5.26 Å². The van der Waals surface area contributed by atoms with Crippen LogP contribution >= 0.6 is 0 Å². The number of hydrogen-bond donors (Lipinski definition) is 1. The molecule has 0 saturated carbocycles. The molecule has 0 fully saturated rings. The maximum Gasteiger partial charge on any atom is 0.412 e. The van der Waals surface area contributed by atoms with E-state index in [9.17, 15) is 4.79 Å². The summed E-state index contributed by atoms with van der Waals surface area (Å²) in [6, 6.07) is 17.8. The molecule has 150 valence electrons. The second-order valence-corrected chi connectivity index (χ2v) is 7.90. The van der Waals surface area contributed by atoms with Crippen LogP contribution in [0.2, 0.25) is 0 Å². The summed E-state index contributed by atoms with van der Waals surface area (Å²) < 4.78 is 7.35. The molecule has 0 saturated heterocycles. The van der Waals surface area contributed by atoms with Gasteiger partial charge in [0.2, 0.25) is 0 Å². The molecule has 2 aromatic heterocycles. The average molecular weight is 398 g/mol. The number of hydrogen-bond acceptors (Lipinski definition) is 4. The predicted molar refractivity (Wildman–Crippen MR) is 117 cm³/mol. The molecule has 6 heteroatoms. The lowest BCUT2D eigenvalue weighted by molar-refractivity contribution is 0.0527. The van der Waals surface area contributed by atoms with Gasteiger partial charge < -0.3 is 9.14 Å². The first-order chi connectivity index (χ1) is 14.4. The molecule has 0 aliphatic rings. The Kier molecular flexibility index (Phi) is 4.88. The van der Waals surface area contributed by atoms with Crippen LogP contribution in [-0.2, 0) is 4.74 Å². The fourth-order valence-corrected chi connectivity index (χ4v) is 3.45. The molecule has 2 heterocycles. The Morgan fingerprint density at radius 2 is 2.03 bits per heavy atom. The van der Waals surface area contributed by atoms with Crippen molar-refractivity contribution in [3.05, 3.63) is 66.5 Å². The van der Waals surface area contributed by atoms with Crippen molar-refractivity contribution >= 4 is 28.2 Å². The van der Waals surface area contributed by atoms with E-state index in [0.717, 1.165) is 33.2 Å². The Bertz CT molecular complexity index is 1300. The highest BCUT2D eigenvalue weighted by atomic mass is 16.6. The summed E-state index contributed by atoms with van der Waals surface area (Å²) in [5.41, 5.74) is 3.72. The van der Waals surface area contributed by atoms with E-state index >= 15 is 0 Å². The second-order valence-electron chi connectivity index (χ2n) is 7.90. The van der Waals surface area contributed by atoms with Gasteiger partial charge in [-0.05, 0) is 49.9 Å². The summed E-state index contributed by atoms with van der Waals surface area (Å²) in [7, 11) is 0. The number of rotatable bonds is 4. The van der Waals surface area contributed by atoms with Gasteiger partial charge in [0.1, 0.15) is 11.2 Å². The first-order valence-corrected chi connectivity index (χ1v) is 9.71. The molecule has 0 bridgehead atoms. The van der Waals surface area contributed by atoms with Crippen LogP contribution in [0.3, 0.4) is 0 Å². The van der Waals surface area contributed by atoms with E-state index in [4.69, 9.17) is 15.0 Å². The van der Waals surface area contributed by atoms with Crippen molar-refractivity contribution in [2.45, 2.75) is 32.8 Å². The zero-order valence-corrected chi connectivity index (χ0v) is 17.1. The molecule has 1 N–H and O–H groups in total. The molecule has 6 nitrogen and oxygen atoms in total. The molecule has 0 unspecified atom stereocenters. The quantitative estimate of drug-likeness (QED) is 0.478. The van der Waals surface area contributed by atoms with Gasteiger partial charge in [-0.2, -0.15) is 5.26 Å². The summed E-state index contributed by atoms with van der Waals surface area (Å²) in [5.74, 6) is 0. The third-order valence-electron chi connectivity index (χ3n) is 4.98. The fraction of sp³-hybridized carbons (Fsp3) is 0.208. The van der Waals surface area contributed by atoms with E-state index in [1.54, 1.807) is 13.8 Å². The van der Waals surface area contributed by atoms with E-state index in [2.05, 4.69) is 24.4 Å². The number of anilines is 1. The molecule has 0 radical (unpaired) electrons. The SMILES string of the molecule is Cc1ccccc1-c1cn2ccc3ccc(NC(=O)OC(C)(C)CC#N)cc3c2n1. The maximum absolute atomic E-state index is 12.3. The molecule has 1 amide bonds. The summed E-state index contributed by atoms with van der Waals surface area (Å²) in [6.07, 6.45) is 3.52. The number of nitrogens with zero attached hydrogens (tertiary/aromatic N) is 3. The average Bonchev–Trinajstić information content (AvgIpc) is 3.12. The molecule has 30 heavy (non-hydrogen) atoms. The lowest BCUT2D eigenvalue weighted by atomic mass is 10.1. The minimum absolute atomic E-state index is 0.120. The van der Waals surface area contributed by atoms with Gasteiger partial charge in [0.25, 0.3) is 0 Å². The van der Waals surface area contributed by atoms with E-state index < -0.39 is 11.7 Å². The molecular weight excluding hydrogens is 376 g/mol. The Balaban J connectivity index is 1.69. The molecule has 0 aliphatic heterocycles. The van der Waals surface area contributed by atoms with Gasteiger partial charge in [-0.1, -0.05) is 30.3 Å². The number of imidazole rings is 1. The van der Waals surface area contributed by atoms with Crippen molar-refractivity contribution in [2.24, 2.45) is 0 Å². The van der Waals surface area contributed by atoms with Crippen LogP contribution in [0.15, 0.2) is 60.9 Å². The molecule has 0 spiro atoms. The van der Waals surface area contributed by atoms with Gasteiger partial charge in [0.15, 0.2) is 0 Å². The highest BCUT2D eigenvalue weighted by molar-refractivity contribution is 5.98. The molecule has 2 aromatic carbocycles. The maximum atomic E-state index is 12.3. The molecule has 4 aromatic rings. The van der Waals surface area contributed by atoms with E-state index in [0.29, 0.717) is 5.69 Å². The van der Waals surface area contributed by atoms with Crippen LogP contribution < -0.4 is 5.32 Å². The lowest BCUT2D eigenvalue weighted by Gasteiger charge is -2.22. The number of ether oxygens (including phenoxy) is 1. The van der Waals surface area contributed by atoms with E-state index in [1.165, 1.54) is 0 Å². The number of amides is 1. The highest BCUT2D eigenvalue weighted by Gasteiger charge is 2.22. The zero-order chi connectivity index (χ0) is 21.3. The monoisotopic (exact) mass is 398 g/mol. The third-order valence-corrected chi connectivity index (χ3v) is 4.98. The molecule has 0 aliphatic carbocycles. The summed E-state index contributed by atoms with van der Waals surface area (Å²) in [4.78, 5) is 17.1. The first kappa shape index (κ1) is 19.5. The van der Waals surface area contributed by atoms with Gasteiger partial charge in [-0.3, -0.25) is 5.32 Å². The van der Waals surface area contributed by atoms with Crippen LogP contribution in [0.4, 0.5) is 10.5 Å². The summed E-state index contributed by atoms with van der Waals surface area (Å²) in [5, 5.41) is 13.6. The predicted octanol–water partition coefficient (Wildman–Crippen LogP) is 5.70. The van der Waals surface area contributed by atoms with Crippen molar-refractivity contribution in [3.8, 4) is 17.3 Å². The molecular formula is C24H22N4O2. The Morgan fingerprint density at radius 1 is 1.23 bits per heavy atom. The van der Waals surface area contributed by atoms with E-state index in [1.807, 2.05) is 59.3 Å². The summed E-state index contributed by atoms with van der Waals surface area (Å²) >= 11 is 0. The smallest absolute Gasteiger partial charge is 0.412 e. The number of benzene rings is 2. The topological polar surface area (TPSA) is 79.4 Å². The number of aromatic nitrogens is 2. The van der Waals surface area contributed by atoms with Crippen molar-refractivity contribution in [1.82, 2.24) is 9.38 Å². The van der Waals surface area contributed by atoms with Crippen molar-refractivity contribution in [3.63, 3.8) is 0 Å². The number of carbonyl (C=O) groups excluding carboxylic acids is 1. The Labute approximate surface area is 174 Å². The third kappa shape index (κ3) is 3.83. The van der Waals surface area contributed by atoms with Gasteiger partial charge in [-0.25, -0.2) is 9.78 Å². The second kappa shape index (κ2) is 7.53. The number of carbonyl (C=O) groups is 1. The normalized spacial score (nSPS) is 11.4. The number of nitriles is 1. The van der Waals surface area contributed by atoms with Crippen molar-refractivity contribution < 1.29 is 9.53 Å². The number of pyridine rings is 1. The standard InChI is InChI=1S/C24H22N4O2/c1-16-6-4-5-7-19(16)21-15-28-13-10-17-8-9-18(14-20(17)22(28)27-21)26-23(29)30-24(2,3)11-12-25/h4-10,13-15H,11H2,1-3H3,(H,26,29). The van der Waals surface area contributed by atoms with Gasteiger partial charge in [0.05, 0.1) is 18.2 Å². The van der Waals surface area contributed by atoms with Crippen LogP contribution in [0, 0.1) is 18.3 Å². The Hall–Kier alpha value is -3.85. The molecule has 4 rings (SSSR count). The number of fused-ring (bicyclic) bond motifs is 3. The minimum atomic E-state index is -0.853. The zero-order valence-electron chi connectivity index (χ0n) is 17.1. The van der Waals surface area contributed by atoms with Gasteiger partial charge in [-0.15, -0.1) is 0 Å². The van der Waals surface area contributed by atoms with E-state index in [-0.39, 0.29) is 6.42 Å². The number of aryl methyl sites for hydroxylation is 1. The number of nitrogens with one attached hydrogen (secondary N) is 1. The largest absolute Gasteiger partial charge is 0.442 e. The van der Waals surface area contributed by atoms with Crippen molar-refractivity contribution in [2.75, 3.05) is 5.32 Å². The lowest BCUT2D eigenvalue weighted by Crippen LogP contribution is -2.30. The van der Waals surface area contributed by atoms with Crippen LogP contribution in [0.5, 0.6) is 0 Å². The Morgan fingerprint density at radius 3 is 2.80 bits per heavy atom. The van der Waals surface area contributed by atoms with Gasteiger partial charge >= 0.3 is 6.09 Å².